The van der Waals surface area contributed by atoms with E-state index < -0.39 is 0 Å². The molecule has 0 amide bonds. The molecule has 0 aromatic carbocycles. The molecule has 1 heterocycles. The summed E-state index contributed by atoms with van der Waals surface area (Å²) >= 11 is 0. The van der Waals surface area contributed by atoms with E-state index in [0.717, 1.165) is 38.3 Å². The number of nitrogens with one attached hydrogen (secondary N) is 2. The van der Waals surface area contributed by atoms with Crippen molar-refractivity contribution in [2.45, 2.75) is 45.6 Å². The molecule has 0 bridgehead atoms. The van der Waals surface area contributed by atoms with Crippen molar-refractivity contribution in [2.24, 2.45) is 4.99 Å². The average Bonchev–Trinajstić information content (AvgIpc) is 2.67. The molecule has 3 heteroatoms. The Kier molecular flexibility index (Phi) is 3.58. The van der Waals surface area contributed by atoms with Crippen LogP contribution < -0.4 is 10.6 Å². The van der Waals surface area contributed by atoms with E-state index >= 15 is 0 Å². The number of nitrogens with zero attached hydrogens (tertiary/aromatic N) is 1. The Balaban J connectivity index is 2.55. The average molecular weight is 183 g/mol. The lowest BCUT2D eigenvalue weighted by molar-refractivity contribution is 0.337. The minimum atomic E-state index is 0.246. The quantitative estimate of drug-likeness (QED) is 0.693. The predicted octanol–water partition coefficient (Wildman–Crippen LogP) is 1.50. The minimum Gasteiger partial charge on any atom is -0.355 e. The van der Waals surface area contributed by atoms with E-state index in [1.165, 1.54) is 0 Å². The zero-order valence-corrected chi connectivity index (χ0v) is 8.98. The lowest BCUT2D eigenvalue weighted by Gasteiger charge is -2.32. The molecule has 0 saturated carbocycles. The molecule has 0 radical (unpaired) electrons. The van der Waals surface area contributed by atoms with Crippen LogP contribution in [0.3, 0.4) is 0 Å². The van der Waals surface area contributed by atoms with Gasteiger partial charge in [-0.25, -0.2) is 0 Å². The van der Waals surface area contributed by atoms with Crippen molar-refractivity contribution in [1.82, 2.24) is 10.6 Å². The van der Waals surface area contributed by atoms with Crippen molar-refractivity contribution in [1.29, 1.82) is 0 Å². The van der Waals surface area contributed by atoms with Gasteiger partial charge in [0.05, 0.1) is 6.54 Å². The number of guanidine groups is 1. The summed E-state index contributed by atoms with van der Waals surface area (Å²) in [6.45, 7) is 8.59. The van der Waals surface area contributed by atoms with Crippen LogP contribution in [-0.4, -0.2) is 24.6 Å². The van der Waals surface area contributed by atoms with Gasteiger partial charge >= 0.3 is 0 Å². The zero-order chi connectivity index (χ0) is 9.73. The van der Waals surface area contributed by atoms with Crippen LogP contribution in [0.4, 0.5) is 0 Å². The van der Waals surface area contributed by atoms with Crippen LogP contribution >= 0.6 is 0 Å². The molecular weight excluding hydrogens is 162 g/mol. The maximum atomic E-state index is 4.36. The molecule has 0 atom stereocenters. The first-order valence-corrected chi connectivity index (χ1v) is 5.33. The highest BCUT2D eigenvalue weighted by molar-refractivity contribution is 5.81. The Morgan fingerprint density at radius 1 is 1.31 bits per heavy atom. The van der Waals surface area contributed by atoms with E-state index in [1.807, 2.05) is 0 Å². The highest BCUT2D eigenvalue weighted by atomic mass is 15.2. The third-order valence-corrected chi connectivity index (χ3v) is 3.09. The second-order valence-electron chi connectivity index (χ2n) is 3.62. The van der Waals surface area contributed by atoms with E-state index in [2.05, 4.69) is 36.4 Å². The minimum absolute atomic E-state index is 0.246. The lowest BCUT2D eigenvalue weighted by Crippen LogP contribution is -2.50. The number of hydrogen-bond donors (Lipinski definition) is 2. The SMILES string of the molecule is CCC(CC)(CC)NC1=NCCN1. The molecule has 0 unspecified atom stereocenters. The summed E-state index contributed by atoms with van der Waals surface area (Å²) < 4.78 is 0. The van der Waals surface area contributed by atoms with Gasteiger partial charge in [0.1, 0.15) is 0 Å². The van der Waals surface area contributed by atoms with E-state index in [9.17, 15) is 0 Å². The molecule has 0 aromatic rings. The Hall–Kier alpha value is -0.730. The van der Waals surface area contributed by atoms with Crippen molar-refractivity contribution in [2.75, 3.05) is 13.1 Å². The molecular formula is C10H21N3. The van der Waals surface area contributed by atoms with Crippen LogP contribution in [0, 0.1) is 0 Å². The molecule has 13 heavy (non-hydrogen) atoms. The molecule has 0 aromatic heterocycles. The predicted molar refractivity (Wildman–Crippen MR) is 57.0 cm³/mol. The summed E-state index contributed by atoms with van der Waals surface area (Å²) in [5.74, 6) is 0.991. The molecule has 0 saturated heterocycles. The summed E-state index contributed by atoms with van der Waals surface area (Å²) in [5, 5.41) is 6.77. The monoisotopic (exact) mass is 183 g/mol. The van der Waals surface area contributed by atoms with Crippen LogP contribution in [0.5, 0.6) is 0 Å². The Morgan fingerprint density at radius 2 is 1.92 bits per heavy atom. The van der Waals surface area contributed by atoms with Gasteiger partial charge in [-0.3, -0.25) is 4.99 Å². The maximum Gasteiger partial charge on any atom is 0.191 e. The fourth-order valence-electron chi connectivity index (χ4n) is 1.75. The summed E-state index contributed by atoms with van der Waals surface area (Å²) in [6, 6.07) is 0. The third kappa shape index (κ3) is 2.36. The van der Waals surface area contributed by atoms with Crippen LogP contribution in [0.15, 0.2) is 4.99 Å². The molecule has 0 spiro atoms. The number of hydrogen-bond acceptors (Lipinski definition) is 3. The normalized spacial score (nSPS) is 16.7. The fraction of sp³-hybridized carbons (Fsp3) is 0.900. The van der Waals surface area contributed by atoms with Gasteiger partial charge in [0.15, 0.2) is 5.96 Å². The number of aliphatic imine (C=N–C) groups is 1. The van der Waals surface area contributed by atoms with Gasteiger partial charge in [0, 0.05) is 12.1 Å². The van der Waals surface area contributed by atoms with Gasteiger partial charge in [-0.1, -0.05) is 20.8 Å². The van der Waals surface area contributed by atoms with Crippen molar-refractivity contribution >= 4 is 5.96 Å². The second-order valence-corrected chi connectivity index (χ2v) is 3.62. The third-order valence-electron chi connectivity index (χ3n) is 3.09. The molecule has 3 nitrogen and oxygen atoms in total. The topological polar surface area (TPSA) is 36.4 Å². The molecule has 1 aliphatic heterocycles. The van der Waals surface area contributed by atoms with E-state index in [4.69, 9.17) is 0 Å². The first-order valence-electron chi connectivity index (χ1n) is 5.33. The fourth-order valence-corrected chi connectivity index (χ4v) is 1.75. The standard InChI is InChI=1S/C10H21N3/c1-4-10(5-2,6-3)13-9-11-7-8-12-9/h4-8H2,1-3H3,(H2,11,12,13). The van der Waals surface area contributed by atoms with Crippen molar-refractivity contribution in [3.8, 4) is 0 Å². The second kappa shape index (κ2) is 4.49. The maximum absolute atomic E-state index is 4.36. The Morgan fingerprint density at radius 3 is 2.31 bits per heavy atom. The Bertz CT molecular complexity index is 174. The van der Waals surface area contributed by atoms with E-state index in [0.29, 0.717) is 0 Å². The molecule has 2 N–H and O–H groups in total. The van der Waals surface area contributed by atoms with Gasteiger partial charge in [-0.2, -0.15) is 0 Å². The lowest BCUT2D eigenvalue weighted by atomic mass is 9.90. The van der Waals surface area contributed by atoms with Crippen molar-refractivity contribution in [3.05, 3.63) is 0 Å². The Labute approximate surface area is 81.0 Å². The highest BCUT2D eigenvalue weighted by Crippen LogP contribution is 2.19. The largest absolute Gasteiger partial charge is 0.355 e. The van der Waals surface area contributed by atoms with E-state index in [-0.39, 0.29) is 5.54 Å². The van der Waals surface area contributed by atoms with Crippen LogP contribution in [0.2, 0.25) is 0 Å². The summed E-state index contributed by atoms with van der Waals surface area (Å²) in [4.78, 5) is 4.36. The smallest absolute Gasteiger partial charge is 0.191 e. The first kappa shape index (κ1) is 10.4. The van der Waals surface area contributed by atoms with E-state index in [1.54, 1.807) is 0 Å². The highest BCUT2D eigenvalue weighted by Gasteiger charge is 2.25. The molecule has 76 valence electrons. The molecule has 0 aliphatic carbocycles. The molecule has 0 fully saturated rings. The first-order chi connectivity index (χ1) is 6.26. The summed E-state index contributed by atoms with van der Waals surface area (Å²) in [6.07, 6.45) is 3.46. The molecule has 1 aliphatic rings. The molecule has 1 rings (SSSR count). The van der Waals surface area contributed by atoms with Gasteiger partial charge in [0.2, 0.25) is 0 Å². The van der Waals surface area contributed by atoms with Crippen LogP contribution in [-0.2, 0) is 0 Å². The summed E-state index contributed by atoms with van der Waals surface area (Å²) in [7, 11) is 0. The van der Waals surface area contributed by atoms with Crippen LogP contribution in [0.25, 0.3) is 0 Å². The number of rotatable bonds is 4. The summed E-state index contributed by atoms with van der Waals surface area (Å²) in [5.41, 5.74) is 0.246. The van der Waals surface area contributed by atoms with Crippen molar-refractivity contribution in [3.63, 3.8) is 0 Å². The van der Waals surface area contributed by atoms with Gasteiger partial charge < -0.3 is 10.6 Å². The van der Waals surface area contributed by atoms with Gasteiger partial charge in [-0.05, 0) is 19.3 Å². The van der Waals surface area contributed by atoms with Crippen molar-refractivity contribution < 1.29 is 0 Å². The van der Waals surface area contributed by atoms with Gasteiger partial charge in [-0.15, -0.1) is 0 Å². The van der Waals surface area contributed by atoms with Gasteiger partial charge in [0.25, 0.3) is 0 Å². The zero-order valence-electron chi connectivity index (χ0n) is 8.98. The van der Waals surface area contributed by atoms with Crippen LogP contribution in [0.1, 0.15) is 40.0 Å².